The van der Waals surface area contributed by atoms with Gasteiger partial charge in [-0.05, 0) is 31.5 Å². The molecule has 0 aromatic heterocycles. The number of carbonyl (C=O) groups is 2. The quantitative estimate of drug-likeness (QED) is 0.608. The Hall–Kier alpha value is -2.24. The molecule has 20 heavy (non-hydrogen) atoms. The molecule has 110 valence electrons. The Morgan fingerprint density at radius 3 is 2.30 bits per heavy atom. The fourth-order valence-corrected chi connectivity index (χ4v) is 1.64. The minimum Gasteiger partial charge on any atom is -0.464 e. The van der Waals surface area contributed by atoms with Gasteiger partial charge >= 0.3 is 12.1 Å². The first-order valence-electron chi connectivity index (χ1n) is 6.51. The van der Waals surface area contributed by atoms with Crippen molar-refractivity contribution in [3.8, 4) is 0 Å². The lowest BCUT2D eigenvalue weighted by Crippen LogP contribution is -2.43. The number of nitrogens with one attached hydrogen (secondary N) is 1. The van der Waals surface area contributed by atoms with Crippen molar-refractivity contribution < 1.29 is 19.1 Å². The van der Waals surface area contributed by atoms with Crippen LogP contribution in [0.25, 0.3) is 0 Å². The van der Waals surface area contributed by atoms with Crippen LogP contribution in [0.5, 0.6) is 0 Å². The van der Waals surface area contributed by atoms with E-state index in [-0.39, 0.29) is 13.2 Å². The summed E-state index contributed by atoms with van der Waals surface area (Å²) in [5.41, 5.74) is 7.11. The lowest BCUT2D eigenvalue weighted by atomic mass is 10.1. The molecule has 0 bridgehead atoms. The van der Waals surface area contributed by atoms with Gasteiger partial charge in [0, 0.05) is 12.1 Å². The molecule has 1 amide bonds. The first kappa shape index (κ1) is 15.8. The summed E-state index contributed by atoms with van der Waals surface area (Å²) in [5, 5.41) is 2.50. The number of ether oxygens (including phenoxy) is 2. The number of carbonyl (C=O) groups excluding carboxylic acids is 2. The number of anilines is 1. The van der Waals surface area contributed by atoms with Crippen molar-refractivity contribution in [2.24, 2.45) is 0 Å². The molecule has 6 heteroatoms. The van der Waals surface area contributed by atoms with Gasteiger partial charge in [-0.1, -0.05) is 12.1 Å². The average molecular weight is 280 g/mol. The Morgan fingerprint density at radius 1 is 1.15 bits per heavy atom. The van der Waals surface area contributed by atoms with E-state index in [0.29, 0.717) is 12.1 Å². The highest BCUT2D eigenvalue weighted by atomic mass is 16.6. The highest BCUT2D eigenvalue weighted by Gasteiger charge is 2.23. The third-order valence-electron chi connectivity index (χ3n) is 2.56. The molecule has 1 unspecified atom stereocenters. The number of hydrogen-bond acceptors (Lipinski definition) is 5. The molecule has 0 heterocycles. The van der Waals surface area contributed by atoms with E-state index in [1.165, 1.54) is 0 Å². The second-order valence-corrected chi connectivity index (χ2v) is 4.12. The number of nitrogens with two attached hydrogens (primary N) is 1. The second-order valence-electron chi connectivity index (χ2n) is 4.12. The molecule has 0 radical (unpaired) electrons. The van der Waals surface area contributed by atoms with E-state index in [2.05, 4.69) is 5.32 Å². The van der Waals surface area contributed by atoms with Crippen molar-refractivity contribution in [2.45, 2.75) is 26.3 Å². The lowest BCUT2D eigenvalue weighted by Gasteiger charge is -2.17. The summed E-state index contributed by atoms with van der Waals surface area (Å²) in [6.07, 6.45) is -0.321. The summed E-state index contributed by atoms with van der Waals surface area (Å²) < 4.78 is 9.72. The van der Waals surface area contributed by atoms with Gasteiger partial charge < -0.3 is 20.5 Å². The molecule has 0 saturated heterocycles. The SMILES string of the molecule is CCOC(=O)NC(Cc1ccc(N)cc1)C(=O)OCC. The fourth-order valence-electron chi connectivity index (χ4n) is 1.64. The Kier molecular flexibility index (Phi) is 6.36. The molecule has 0 fully saturated rings. The highest BCUT2D eigenvalue weighted by Crippen LogP contribution is 2.09. The van der Waals surface area contributed by atoms with E-state index in [1.807, 2.05) is 0 Å². The van der Waals surface area contributed by atoms with E-state index in [4.69, 9.17) is 15.2 Å². The minimum atomic E-state index is -0.780. The number of esters is 1. The summed E-state index contributed by atoms with van der Waals surface area (Å²) in [4.78, 5) is 23.3. The van der Waals surface area contributed by atoms with Crippen LogP contribution < -0.4 is 11.1 Å². The highest BCUT2D eigenvalue weighted by molar-refractivity contribution is 5.81. The van der Waals surface area contributed by atoms with Crippen LogP contribution in [0.2, 0.25) is 0 Å². The molecule has 1 aromatic rings. The molecule has 1 rings (SSSR count). The number of rotatable bonds is 6. The van der Waals surface area contributed by atoms with Gasteiger partial charge in [-0.3, -0.25) is 0 Å². The Balaban J connectivity index is 2.73. The fraction of sp³-hybridized carbons (Fsp3) is 0.429. The van der Waals surface area contributed by atoms with Gasteiger partial charge in [0.05, 0.1) is 13.2 Å². The Bertz CT molecular complexity index is 445. The van der Waals surface area contributed by atoms with Crippen molar-refractivity contribution >= 4 is 17.7 Å². The zero-order valence-corrected chi connectivity index (χ0v) is 11.7. The Labute approximate surface area is 118 Å². The normalized spacial score (nSPS) is 11.5. The van der Waals surface area contributed by atoms with Gasteiger partial charge in [-0.2, -0.15) is 0 Å². The van der Waals surface area contributed by atoms with Crippen molar-refractivity contribution in [3.63, 3.8) is 0 Å². The summed E-state index contributed by atoms with van der Waals surface area (Å²) in [6.45, 7) is 3.90. The van der Waals surface area contributed by atoms with E-state index >= 15 is 0 Å². The first-order valence-corrected chi connectivity index (χ1v) is 6.51. The summed E-state index contributed by atoms with van der Waals surface area (Å²) in [5.74, 6) is -0.489. The summed E-state index contributed by atoms with van der Waals surface area (Å²) >= 11 is 0. The average Bonchev–Trinajstić information content (AvgIpc) is 2.41. The van der Waals surface area contributed by atoms with Crippen molar-refractivity contribution in [1.82, 2.24) is 5.32 Å². The molecule has 1 aromatic carbocycles. The maximum absolute atomic E-state index is 11.8. The molecular weight excluding hydrogens is 260 g/mol. The van der Waals surface area contributed by atoms with Crippen LogP contribution in [0.3, 0.4) is 0 Å². The largest absolute Gasteiger partial charge is 0.464 e. The number of amides is 1. The van der Waals surface area contributed by atoms with Crippen LogP contribution in [0, 0.1) is 0 Å². The number of alkyl carbamates (subject to hydrolysis) is 1. The molecule has 0 spiro atoms. The number of nitrogen functional groups attached to an aromatic ring is 1. The van der Waals surface area contributed by atoms with Crippen LogP contribution >= 0.6 is 0 Å². The van der Waals surface area contributed by atoms with Crippen molar-refractivity contribution in [2.75, 3.05) is 18.9 Å². The van der Waals surface area contributed by atoms with Crippen molar-refractivity contribution in [1.29, 1.82) is 0 Å². The molecule has 0 aliphatic heterocycles. The van der Waals surface area contributed by atoms with Crippen molar-refractivity contribution in [3.05, 3.63) is 29.8 Å². The van der Waals surface area contributed by atoms with E-state index in [0.717, 1.165) is 5.56 Å². The van der Waals surface area contributed by atoms with Gasteiger partial charge in [0.15, 0.2) is 0 Å². The summed E-state index contributed by atoms with van der Waals surface area (Å²) in [7, 11) is 0. The van der Waals surface area contributed by atoms with E-state index in [1.54, 1.807) is 38.1 Å². The predicted molar refractivity (Wildman–Crippen MR) is 75.1 cm³/mol. The molecular formula is C14H20N2O4. The van der Waals surface area contributed by atoms with Crippen LogP contribution in [0.4, 0.5) is 10.5 Å². The molecule has 0 aliphatic carbocycles. The minimum absolute atomic E-state index is 0.239. The second kappa shape index (κ2) is 8.04. The van der Waals surface area contributed by atoms with Crippen LogP contribution in [-0.4, -0.2) is 31.3 Å². The van der Waals surface area contributed by atoms with Crippen LogP contribution in [-0.2, 0) is 20.7 Å². The van der Waals surface area contributed by atoms with E-state index in [9.17, 15) is 9.59 Å². The van der Waals surface area contributed by atoms with Gasteiger partial charge in [0.2, 0.25) is 0 Å². The third kappa shape index (κ3) is 5.17. The number of hydrogen-bond donors (Lipinski definition) is 2. The van der Waals surface area contributed by atoms with E-state index < -0.39 is 18.1 Å². The van der Waals surface area contributed by atoms with Gasteiger partial charge in [-0.15, -0.1) is 0 Å². The zero-order chi connectivity index (χ0) is 15.0. The standard InChI is InChI=1S/C14H20N2O4/c1-3-19-13(17)12(16-14(18)20-4-2)9-10-5-7-11(15)8-6-10/h5-8,12H,3-4,9,15H2,1-2H3,(H,16,18). The smallest absolute Gasteiger partial charge is 0.407 e. The maximum atomic E-state index is 11.8. The molecule has 1 atom stereocenters. The van der Waals surface area contributed by atoms with Crippen LogP contribution in [0.1, 0.15) is 19.4 Å². The lowest BCUT2D eigenvalue weighted by molar-refractivity contribution is -0.145. The monoisotopic (exact) mass is 280 g/mol. The third-order valence-corrected chi connectivity index (χ3v) is 2.56. The number of benzene rings is 1. The first-order chi connectivity index (χ1) is 9.56. The molecule has 0 aliphatic rings. The topological polar surface area (TPSA) is 90.6 Å². The molecule has 0 saturated carbocycles. The molecule has 6 nitrogen and oxygen atoms in total. The van der Waals surface area contributed by atoms with Gasteiger partial charge in [0.25, 0.3) is 0 Å². The zero-order valence-electron chi connectivity index (χ0n) is 11.7. The van der Waals surface area contributed by atoms with Crippen LogP contribution in [0.15, 0.2) is 24.3 Å². The van der Waals surface area contributed by atoms with Gasteiger partial charge in [-0.25, -0.2) is 9.59 Å². The maximum Gasteiger partial charge on any atom is 0.407 e. The Morgan fingerprint density at radius 2 is 1.75 bits per heavy atom. The molecule has 3 N–H and O–H groups in total. The van der Waals surface area contributed by atoms with Gasteiger partial charge in [0.1, 0.15) is 6.04 Å². The summed E-state index contributed by atoms with van der Waals surface area (Å²) in [6, 6.07) is 6.30. The predicted octanol–water partition coefficient (Wildman–Crippen LogP) is 1.49.